The Bertz CT molecular complexity index is 101. The van der Waals surface area contributed by atoms with Gasteiger partial charge in [0, 0.05) is 19.8 Å². The van der Waals surface area contributed by atoms with Gasteiger partial charge in [0.2, 0.25) is 0 Å². The number of nitrogens with zero attached hydrogens (tertiary/aromatic N) is 1. The van der Waals surface area contributed by atoms with Crippen LogP contribution in [0, 0.1) is 0 Å². The molecule has 0 saturated carbocycles. The molecule has 1 nitrogen and oxygen atoms in total. The van der Waals surface area contributed by atoms with Gasteiger partial charge in [-0.15, -0.1) is 0 Å². The molecule has 0 N–H and O–H groups in total. The third kappa shape index (κ3) is 2.45. The largest absolute Gasteiger partial charge is 0.378 e. The maximum absolute atomic E-state index is 3.78. The van der Waals surface area contributed by atoms with Crippen LogP contribution in [-0.2, 0) is 0 Å². The van der Waals surface area contributed by atoms with Gasteiger partial charge in [0.25, 0.3) is 0 Å². The fourth-order valence-corrected chi connectivity index (χ4v) is 0.341. The van der Waals surface area contributed by atoms with Crippen molar-refractivity contribution in [2.75, 3.05) is 14.1 Å². The van der Waals surface area contributed by atoms with Crippen LogP contribution in [0.2, 0.25) is 0 Å². The van der Waals surface area contributed by atoms with E-state index >= 15 is 0 Å². The predicted molar refractivity (Wildman–Crippen MR) is 37.6 cm³/mol. The van der Waals surface area contributed by atoms with Gasteiger partial charge in [0.1, 0.15) is 0 Å². The average Bonchev–Trinajstić information content (AvgIpc) is 1.67. The normalized spacial score (nSPS) is 9.88. The van der Waals surface area contributed by atoms with Gasteiger partial charge in [-0.25, -0.2) is 0 Å². The van der Waals surface area contributed by atoms with Crippen LogP contribution < -0.4 is 0 Å². The first-order chi connectivity index (χ1) is 3.68. The quantitative estimate of drug-likeness (QED) is 0.490. The SMILES string of the molecule is C=C(C=CC)N(C)C. The third-order valence-corrected chi connectivity index (χ3v) is 0.933. The van der Waals surface area contributed by atoms with E-state index in [1.54, 1.807) is 0 Å². The summed E-state index contributed by atoms with van der Waals surface area (Å²) in [7, 11) is 3.95. The average molecular weight is 111 g/mol. The van der Waals surface area contributed by atoms with E-state index in [4.69, 9.17) is 0 Å². The van der Waals surface area contributed by atoms with Gasteiger partial charge in [-0.1, -0.05) is 12.7 Å². The highest BCUT2D eigenvalue weighted by molar-refractivity contribution is 5.10. The molecule has 0 rings (SSSR count). The monoisotopic (exact) mass is 111 g/mol. The molecule has 0 aromatic carbocycles. The Morgan fingerprint density at radius 3 is 2.12 bits per heavy atom. The van der Waals surface area contributed by atoms with Gasteiger partial charge < -0.3 is 4.90 Å². The molecule has 46 valence electrons. The Balaban J connectivity index is 3.66. The summed E-state index contributed by atoms with van der Waals surface area (Å²) >= 11 is 0. The molecule has 0 radical (unpaired) electrons. The Kier molecular flexibility index (Phi) is 3.01. The van der Waals surface area contributed by atoms with Crippen LogP contribution in [0.15, 0.2) is 24.4 Å². The summed E-state index contributed by atoms with van der Waals surface area (Å²) in [6, 6.07) is 0. The molecular formula is C7H13N. The minimum atomic E-state index is 1.03. The van der Waals surface area contributed by atoms with Gasteiger partial charge in [-0.3, -0.25) is 0 Å². The molecule has 0 aromatic rings. The van der Waals surface area contributed by atoms with Crippen LogP contribution in [0.5, 0.6) is 0 Å². The van der Waals surface area contributed by atoms with Crippen LogP contribution in [0.3, 0.4) is 0 Å². The second-order valence-electron chi connectivity index (χ2n) is 1.89. The molecule has 0 amide bonds. The van der Waals surface area contributed by atoms with E-state index in [1.807, 2.05) is 38.1 Å². The second-order valence-corrected chi connectivity index (χ2v) is 1.89. The van der Waals surface area contributed by atoms with Crippen molar-refractivity contribution in [3.63, 3.8) is 0 Å². The van der Waals surface area contributed by atoms with E-state index in [2.05, 4.69) is 6.58 Å². The minimum Gasteiger partial charge on any atom is -0.378 e. The van der Waals surface area contributed by atoms with Crippen molar-refractivity contribution in [3.8, 4) is 0 Å². The summed E-state index contributed by atoms with van der Waals surface area (Å²) < 4.78 is 0. The number of rotatable bonds is 2. The lowest BCUT2D eigenvalue weighted by Crippen LogP contribution is -2.07. The Morgan fingerprint density at radius 2 is 2.00 bits per heavy atom. The molecule has 0 bridgehead atoms. The lowest BCUT2D eigenvalue weighted by atomic mass is 10.4. The van der Waals surface area contributed by atoms with E-state index in [0.717, 1.165) is 5.70 Å². The fraction of sp³-hybridized carbons (Fsp3) is 0.429. The van der Waals surface area contributed by atoms with Gasteiger partial charge in [-0.2, -0.15) is 0 Å². The predicted octanol–water partition coefficient (Wildman–Crippen LogP) is 1.64. The molecule has 0 spiro atoms. The number of hydrogen-bond acceptors (Lipinski definition) is 1. The third-order valence-electron chi connectivity index (χ3n) is 0.933. The van der Waals surface area contributed by atoms with Crippen molar-refractivity contribution in [1.29, 1.82) is 0 Å². The van der Waals surface area contributed by atoms with Crippen molar-refractivity contribution < 1.29 is 0 Å². The van der Waals surface area contributed by atoms with E-state index in [-0.39, 0.29) is 0 Å². The molecule has 1 heteroatoms. The lowest BCUT2D eigenvalue weighted by molar-refractivity contribution is 0.532. The van der Waals surface area contributed by atoms with Gasteiger partial charge in [0.15, 0.2) is 0 Å². The molecule has 0 aromatic heterocycles. The summed E-state index contributed by atoms with van der Waals surface area (Å²) in [5, 5.41) is 0. The van der Waals surface area contributed by atoms with Crippen LogP contribution in [0.4, 0.5) is 0 Å². The van der Waals surface area contributed by atoms with E-state index in [0.29, 0.717) is 0 Å². The molecule has 0 atom stereocenters. The molecule has 0 aliphatic rings. The molecule has 0 fully saturated rings. The summed E-state index contributed by atoms with van der Waals surface area (Å²) in [4.78, 5) is 1.97. The van der Waals surface area contributed by atoms with Gasteiger partial charge in [0.05, 0.1) is 0 Å². The van der Waals surface area contributed by atoms with E-state index in [1.165, 1.54) is 0 Å². The fourth-order valence-electron chi connectivity index (χ4n) is 0.341. The first-order valence-electron chi connectivity index (χ1n) is 2.67. The number of likely N-dealkylation sites (N-methyl/N-ethyl adjacent to an activating group) is 1. The molecule has 0 unspecified atom stereocenters. The summed E-state index contributed by atoms with van der Waals surface area (Å²) in [5.74, 6) is 0. The van der Waals surface area contributed by atoms with Crippen molar-refractivity contribution in [1.82, 2.24) is 4.90 Å². The van der Waals surface area contributed by atoms with Crippen molar-refractivity contribution in [2.45, 2.75) is 6.92 Å². The maximum atomic E-state index is 3.78. The molecule has 0 aliphatic carbocycles. The smallest absolute Gasteiger partial charge is 0.0284 e. The number of hydrogen-bond donors (Lipinski definition) is 0. The first-order valence-corrected chi connectivity index (χ1v) is 2.67. The van der Waals surface area contributed by atoms with Crippen LogP contribution in [0.1, 0.15) is 6.92 Å². The van der Waals surface area contributed by atoms with Crippen LogP contribution >= 0.6 is 0 Å². The Labute approximate surface area is 51.3 Å². The standard InChI is InChI=1S/C7H13N/c1-5-6-7(2)8(3)4/h5-6H,2H2,1,3-4H3. The molecule has 0 saturated heterocycles. The summed E-state index contributed by atoms with van der Waals surface area (Å²) in [6.07, 6.45) is 3.95. The van der Waals surface area contributed by atoms with Crippen LogP contribution in [0.25, 0.3) is 0 Å². The first kappa shape index (κ1) is 7.28. The highest BCUT2D eigenvalue weighted by atomic mass is 15.1. The minimum absolute atomic E-state index is 1.03. The number of allylic oxidation sites excluding steroid dienone is 2. The zero-order valence-electron chi connectivity index (χ0n) is 5.81. The lowest BCUT2D eigenvalue weighted by Gasteiger charge is -2.10. The summed E-state index contributed by atoms with van der Waals surface area (Å²) in [5.41, 5.74) is 1.03. The Hall–Kier alpha value is -0.720. The zero-order valence-corrected chi connectivity index (χ0v) is 5.81. The van der Waals surface area contributed by atoms with Crippen LogP contribution in [-0.4, -0.2) is 19.0 Å². The summed E-state index contributed by atoms with van der Waals surface area (Å²) in [6.45, 7) is 5.76. The second kappa shape index (κ2) is 3.30. The van der Waals surface area contributed by atoms with Gasteiger partial charge in [-0.05, 0) is 13.0 Å². The highest BCUT2D eigenvalue weighted by Gasteiger charge is 1.84. The Morgan fingerprint density at radius 1 is 1.50 bits per heavy atom. The topological polar surface area (TPSA) is 3.24 Å². The van der Waals surface area contributed by atoms with Crippen molar-refractivity contribution in [3.05, 3.63) is 24.4 Å². The zero-order chi connectivity index (χ0) is 6.57. The van der Waals surface area contributed by atoms with Gasteiger partial charge >= 0.3 is 0 Å². The molecule has 8 heavy (non-hydrogen) atoms. The highest BCUT2D eigenvalue weighted by Crippen LogP contribution is 1.93. The van der Waals surface area contributed by atoms with Crippen molar-refractivity contribution >= 4 is 0 Å². The van der Waals surface area contributed by atoms with E-state index < -0.39 is 0 Å². The van der Waals surface area contributed by atoms with E-state index in [9.17, 15) is 0 Å². The molecular weight excluding hydrogens is 98.1 g/mol. The van der Waals surface area contributed by atoms with Crippen molar-refractivity contribution in [2.24, 2.45) is 0 Å². The molecule has 0 heterocycles. The maximum Gasteiger partial charge on any atom is 0.0284 e. The molecule has 0 aliphatic heterocycles.